The summed E-state index contributed by atoms with van der Waals surface area (Å²) in [6, 6.07) is 11.1. The van der Waals surface area contributed by atoms with E-state index < -0.39 is 0 Å². The van der Waals surface area contributed by atoms with Gasteiger partial charge in [-0.2, -0.15) is 0 Å². The number of likely N-dealkylation sites (tertiary alicyclic amines) is 1. The molecule has 158 valence electrons. The summed E-state index contributed by atoms with van der Waals surface area (Å²) in [5.74, 6) is 2.35. The number of fused-ring (bicyclic) bond motifs is 1. The van der Waals surface area contributed by atoms with Gasteiger partial charge in [-0.3, -0.25) is 9.69 Å². The van der Waals surface area contributed by atoms with E-state index in [1.807, 2.05) is 37.3 Å². The fraction of sp³-hybridized carbons (Fsp3) is 0.400. The minimum atomic E-state index is -0.0431. The van der Waals surface area contributed by atoms with Crippen molar-refractivity contribution in [2.75, 3.05) is 33.4 Å². The fourth-order valence-electron chi connectivity index (χ4n) is 4.02. The summed E-state index contributed by atoms with van der Waals surface area (Å²) in [5, 5.41) is 0.568. The van der Waals surface area contributed by atoms with Crippen LogP contribution >= 0.6 is 0 Å². The molecule has 0 amide bonds. The van der Waals surface area contributed by atoms with Crippen LogP contribution in [0.5, 0.6) is 11.5 Å². The summed E-state index contributed by atoms with van der Waals surface area (Å²) in [4.78, 5) is 15.5. The van der Waals surface area contributed by atoms with Gasteiger partial charge in [0.25, 0.3) is 0 Å². The number of methoxy groups -OCH3 is 1. The van der Waals surface area contributed by atoms with Gasteiger partial charge in [0.05, 0.1) is 18.1 Å². The molecule has 0 atom stereocenters. The fourth-order valence-corrected chi connectivity index (χ4v) is 4.02. The largest absolute Gasteiger partial charge is 0.497 e. The molecule has 0 N–H and O–H groups in total. The first-order chi connectivity index (χ1) is 14.6. The summed E-state index contributed by atoms with van der Waals surface area (Å²) in [5.41, 5.74) is 2.75. The van der Waals surface area contributed by atoms with Crippen molar-refractivity contribution in [2.24, 2.45) is 5.92 Å². The average Bonchev–Trinajstić information content (AvgIpc) is 2.77. The number of rotatable bonds is 6. The van der Waals surface area contributed by atoms with Crippen LogP contribution in [-0.4, -0.2) is 38.3 Å². The second-order valence-corrected chi connectivity index (χ2v) is 8.15. The molecule has 30 heavy (non-hydrogen) atoms. The normalized spacial score (nSPS) is 15.4. The quantitative estimate of drug-likeness (QED) is 0.582. The Morgan fingerprint density at radius 3 is 2.53 bits per heavy atom. The predicted octanol–water partition coefficient (Wildman–Crippen LogP) is 4.89. The average molecular weight is 408 g/mol. The van der Waals surface area contributed by atoms with E-state index in [4.69, 9.17) is 13.9 Å². The zero-order valence-corrected chi connectivity index (χ0v) is 17.9. The van der Waals surface area contributed by atoms with Crippen molar-refractivity contribution in [3.8, 4) is 22.6 Å². The zero-order chi connectivity index (χ0) is 21.1. The summed E-state index contributed by atoms with van der Waals surface area (Å²) in [6.45, 7) is 8.10. The van der Waals surface area contributed by atoms with Crippen molar-refractivity contribution in [3.05, 3.63) is 58.4 Å². The standard InChI is InChI=1S/C25H29NO4/c1-17-10-12-26(13-11-17)14-15-29-23-9-8-21-24(27)22(16-30-25(21)18(23)2)19-4-6-20(28-3)7-5-19/h4-9,16-17H,10-15H2,1-3H3. The van der Waals surface area contributed by atoms with Crippen LogP contribution in [-0.2, 0) is 0 Å². The van der Waals surface area contributed by atoms with E-state index in [1.54, 1.807) is 13.2 Å². The lowest BCUT2D eigenvalue weighted by Crippen LogP contribution is -2.35. The van der Waals surface area contributed by atoms with Crippen molar-refractivity contribution in [3.63, 3.8) is 0 Å². The van der Waals surface area contributed by atoms with Gasteiger partial charge in [0.1, 0.15) is 30.0 Å². The molecule has 5 heteroatoms. The molecule has 1 aromatic heterocycles. The van der Waals surface area contributed by atoms with Crippen molar-refractivity contribution < 1.29 is 13.9 Å². The highest BCUT2D eigenvalue weighted by atomic mass is 16.5. The molecule has 2 heterocycles. The van der Waals surface area contributed by atoms with Crippen LogP contribution < -0.4 is 14.9 Å². The third kappa shape index (κ3) is 4.21. The van der Waals surface area contributed by atoms with E-state index in [9.17, 15) is 4.79 Å². The topological polar surface area (TPSA) is 51.9 Å². The molecule has 0 aliphatic carbocycles. The van der Waals surface area contributed by atoms with Crippen LogP contribution in [0.2, 0.25) is 0 Å². The maximum atomic E-state index is 13.1. The highest BCUT2D eigenvalue weighted by Gasteiger charge is 2.16. The number of ether oxygens (including phenoxy) is 2. The monoisotopic (exact) mass is 407 g/mol. The van der Waals surface area contributed by atoms with Gasteiger partial charge < -0.3 is 13.9 Å². The Hall–Kier alpha value is -2.79. The first kappa shape index (κ1) is 20.5. The Morgan fingerprint density at radius 2 is 1.83 bits per heavy atom. The third-order valence-electron chi connectivity index (χ3n) is 6.08. The van der Waals surface area contributed by atoms with Gasteiger partial charge >= 0.3 is 0 Å². The van der Waals surface area contributed by atoms with Crippen molar-refractivity contribution in [1.82, 2.24) is 4.90 Å². The highest BCUT2D eigenvalue weighted by Crippen LogP contribution is 2.28. The molecule has 0 bridgehead atoms. The van der Waals surface area contributed by atoms with Gasteiger partial charge in [0, 0.05) is 12.1 Å². The van der Waals surface area contributed by atoms with E-state index in [2.05, 4.69) is 11.8 Å². The molecule has 4 rings (SSSR count). The van der Waals surface area contributed by atoms with Gasteiger partial charge in [-0.25, -0.2) is 0 Å². The second kappa shape index (κ2) is 8.92. The lowest BCUT2D eigenvalue weighted by Gasteiger charge is -2.30. The number of nitrogens with zero attached hydrogens (tertiary/aromatic N) is 1. The molecule has 0 unspecified atom stereocenters. The minimum Gasteiger partial charge on any atom is -0.497 e. The molecule has 1 aliphatic rings. The van der Waals surface area contributed by atoms with Crippen LogP contribution in [0.15, 0.2) is 51.9 Å². The zero-order valence-electron chi connectivity index (χ0n) is 17.9. The SMILES string of the molecule is COc1ccc(-c2coc3c(C)c(OCCN4CCC(C)CC4)ccc3c2=O)cc1. The second-order valence-electron chi connectivity index (χ2n) is 8.15. The van der Waals surface area contributed by atoms with E-state index in [1.165, 1.54) is 19.1 Å². The third-order valence-corrected chi connectivity index (χ3v) is 6.08. The molecule has 0 radical (unpaired) electrons. The number of benzene rings is 2. The Morgan fingerprint density at radius 1 is 1.10 bits per heavy atom. The number of aryl methyl sites for hydroxylation is 1. The predicted molar refractivity (Wildman–Crippen MR) is 120 cm³/mol. The van der Waals surface area contributed by atoms with Crippen LogP contribution in [0, 0.1) is 12.8 Å². The van der Waals surface area contributed by atoms with Crippen LogP contribution in [0.25, 0.3) is 22.1 Å². The highest BCUT2D eigenvalue weighted by molar-refractivity contribution is 5.85. The van der Waals surface area contributed by atoms with Crippen LogP contribution in [0.3, 0.4) is 0 Å². The molecule has 2 aromatic carbocycles. The Balaban J connectivity index is 1.52. The Labute approximate surface area is 177 Å². The first-order valence-electron chi connectivity index (χ1n) is 10.6. The lowest BCUT2D eigenvalue weighted by atomic mass is 9.99. The minimum absolute atomic E-state index is 0.0431. The molecule has 0 spiro atoms. The summed E-state index contributed by atoms with van der Waals surface area (Å²) < 4.78 is 17.1. The van der Waals surface area contributed by atoms with Crippen molar-refractivity contribution in [2.45, 2.75) is 26.7 Å². The smallest absolute Gasteiger partial charge is 0.200 e. The van der Waals surface area contributed by atoms with Gasteiger partial charge in [0.2, 0.25) is 5.43 Å². The molecular weight excluding hydrogens is 378 g/mol. The molecule has 0 saturated carbocycles. The number of hydrogen-bond donors (Lipinski definition) is 0. The number of hydrogen-bond acceptors (Lipinski definition) is 5. The van der Waals surface area contributed by atoms with E-state index in [0.717, 1.165) is 48.2 Å². The first-order valence-corrected chi connectivity index (χ1v) is 10.6. The summed E-state index contributed by atoms with van der Waals surface area (Å²) in [7, 11) is 1.62. The van der Waals surface area contributed by atoms with E-state index in [-0.39, 0.29) is 5.43 Å². The van der Waals surface area contributed by atoms with Gasteiger partial charge in [-0.05, 0) is 68.6 Å². The molecular formula is C25H29NO4. The van der Waals surface area contributed by atoms with Gasteiger partial charge in [-0.1, -0.05) is 19.1 Å². The molecule has 3 aromatic rings. The molecule has 5 nitrogen and oxygen atoms in total. The molecule has 1 fully saturated rings. The van der Waals surface area contributed by atoms with E-state index >= 15 is 0 Å². The molecule has 1 aliphatic heterocycles. The maximum absolute atomic E-state index is 13.1. The van der Waals surface area contributed by atoms with Crippen molar-refractivity contribution >= 4 is 11.0 Å². The summed E-state index contributed by atoms with van der Waals surface area (Å²) >= 11 is 0. The van der Waals surface area contributed by atoms with Gasteiger partial charge in [0.15, 0.2) is 0 Å². The van der Waals surface area contributed by atoms with Crippen LogP contribution in [0.1, 0.15) is 25.3 Å². The van der Waals surface area contributed by atoms with Crippen molar-refractivity contribution in [1.29, 1.82) is 0 Å². The van der Waals surface area contributed by atoms with E-state index in [0.29, 0.717) is 23.1 Å². The maximum Gasteiger partial charge on any atom is 0.200 e. The van der Waals surface area contributed by atoms with Gasteiger partial charge in [-0.15, -0.1) is 0 Å². The molecule has 1 saturated heterocycles. The lowest BCUT2D eigenvalue weighted by molar-refractivity contribution is 0.160. The Bertz CT molecular complexity index is 1060. The summed E-state index contributed by atoms with van der Waals surface area (Å²) in [6.07, 6.45) is 4.06. The number of piperidine rings is 1. The van der Waals surface area contributed by atoms with Crippen LogP contribution in [0.4, 0.5) is 0 Å². The Kier molecular flexibility index (Phi) is 6.09.